The molecule has 0 aromatic heterocycles. The van der Waals surface area contributed by atoms with Gasteiger partial charge in [0.25, 0.3) is 0 Å². The summed E-state index contributed by atoms with van der Waals surface area (Å²) < 4.78 is 0. The highest BCUT2D eigenvalue weighted by Gasteiger charge is 2.11. The minimum atomic E-state index is -0.110. The molecule has 0 amide bonds. The SMILES string of the molecule is CC[C@H](CO)N[NH+](C)Cc1ccc(O)c(O)c1. The minimum Gasteiger partial charge on any atom is -0.504 e. The Balaban J connectivity index is 2.55. The minimum absolute atomic E-state index is 0.0701. The van der Waals surface area contributed by atoms with Crippen LogP contribution in [0.3, 0.4) is 0 Å². The molecule has 2 atom stereocenters. The van der Waals surface area contributed by atoms with Crippen molar-refractivity contribution in [3.8, 4) is 11.5 Å². The van der Waals surface area contributed by atoms with Gasteiger partial charge < -0.3 is 15.3 Å². The van der Waals surface area contributed by atoms with Crippen molar-refractivity contribution in [1.29, 1.82) is 0 Å². The van der Waals surface area contributed by atoms with Gasteiger partial charge in [-0.05, 0) is 24.6 Å². The first-order valence-corrected chi connectivity index (χ1v) is 5.77. The van der Waals surface area contributed by atoms with Crippen molar-refractivity contribution in [3.05, 3.63) is 23.8 Å². The number of benzene rings is 1. The van der Waals surface area contributed by atoms with E-state index in [0.29, 0.717) is 6.54 Å². The molecular weight excluding hydrogens is 220 g/mol. The third-order valence-corrected chi connectivity index (χ3v) is 2.67. The van der Waals surface area contributed by atoms with Crippen molar-refractivity contribution in [2.24, 2.45) is 0 Å². The fraction of sp³-hybridized carbons (Fsp3) is 0.500. The number of phenolic OH excluding ortho intramolecular Hbond substituents is 2. The van der Waals surface area contributed by atoms with Crippen LogP contribution in [0.4, 0.5) is 0 Å². The zero-order chi connectivity index (χ0) is 12.8. The van der Waals surface area contributed by atoms with E-state index in [4.69, 9.17) is 5.11 Å². The van der Waals surface area contributed by atoms with Gasteiger partial charge in [0, 0.05) is 5.56 Å². The number of phenols is 2. The van der Waals surface area contributed by atoms with Gasteiger partial charge in [0.05, 0.1) is 19.7 Å². The Hall–Kier alpha value is -1.30. The highest BCUT2D eigenvalue weighted by molar-refractivity contribution is 5.40. The van der Waals surface area contributed by atoms with Crippen LogP contribution in [0.15, 0.2) is 18.2 Å². The van der Waals surface area contributed by atoms with Gasteiger partial charge in [0.15, 0.2) is 11.5 Å². The third-order valence-electron chi connectivity index (χ3n) is 2.67. The molecule has 0 aliphatic carbocycles. The smallest absolute Gasteiger partial charge is 0.157 e. The summed E-state index contributed by atoms with van der Waals surface area (Å²) in [6.45, 7) is 2.77. The summed E-state index contributed by atoms with van der Waals surface area (Å²) in [6.07, 6.45) is 0.856. The number of hydrogen-bond acceptors (Lipinski definition) is 4. The lowest BCUT2D eigenvalue weighted by Gasteiger charge is -2.20. The molecule has 17 heavy (non-hydrogen) atoms. The second kappa shape index (κ2) is 6.44. The van der Waals surface area contributed by atoms with Gasteiger partial charge in [-0.2, -0.15) is 5.43 Å². The van der Waals surface area contributed by atoms with Crippen LogP contribution in [0.25, 0.3) is 0 Å². The summed E-state index contributed by atoms with van der Waals surface area (Å²) in [4.78, 5) is 0. The predicted molar refractivity (Wildman–Crippen MR) is 64.7 cm³/mol. The molecule has 1 aromatic rings. The maximum absolute atomic E-state index is 9.37. The molecule has 5 N–H and O–H groups in total. The molecule has 5 heteroatoms. The summed E-state index contributed by atoms with van der Waals surface area (Å²) in [6, 6.07) is 4.85. The van der Waals surface area contributed by atoms with E-state index in [0.717, 1.165) is 17.0 Å². The van der Waals surface area contributed by atoms with Gasteiger partial charge in [-0.25, -0.2) is 0 Å². The lowest BCUT2D eigenvalue weighted by Crippen LogP contribution is -3.15. The van der Waals surface area contributed by atoms with Gasteiger partial charge in [0.1, 0.15) is 6.54 Å². The first-order chi connectivity index (χ1) is 8.06. The highest BCUT2D eigenvalue weighted by atomic mass is 16.3. The van der Waals surface area contributed by atoms with E-state index in [-0.39, 0.29) is 24.1 Å². The van der Waals surface area contributed by atoms with Crippen LogP contribution in [0.1, 0.15) is 18.9 Å². The first-order valence-electron chi connectivity index (χ1n) is 5.77. The van der Waals surface area contributed by atoms with Gasteiger partial charge in [0.2, 0.25) is 0 Å². The van der Waals surface area contributed by atoms with Crippen molar-refractivity contribution >= 4 is 0 Å². The van der Waals surface area contributed by atoms with Crippen molar-refractivity contribution in [2.45, 2.75) is 25.9 Å². The number of nitrogens with one attached hydrogen (secondary N) is 2. The van der Waals surface area contributed by atoms with Crippen LogP contribution in [-0.4, -0.2) is 35.0 Å². The molecule has 5 nitrogen and oxygen atoms in total. The number of hydrogen-bond donors (Lipinski definition) is 5. The lowest BCUT2D eigenvalue weighted by atomic mass is 10.2. The van der Waals surface area contributed by atoms with Crippen LogP contribution in [0, 0.1) is 0 Å². The van der Waals surface area contributed by atoms with Crippen LogP contribution in [0.2, 0.25) is 0 Å². The van der Waals surface area contributed by atoms with E-state index < -0.39 is 0 Å². The van der Waals surface area contributed by atoms with Crippen LogP contribution in [-0.2, 0) is 6.54 Å². The average Bonchev–Trinajstić information content (AvgIpc) is 2.31. The molecule has 0 fully saturated rings. The zero-order valence-electron chi connectivity index (χ0n) is 10.3. The normalized spacial score (nSPS) is 14.5. The maximum atomic E-state index is 9.37. The molecule has 0 bridgehead atoms. The molecule has 0 saturated carbocycles. The second-order valence-electron chi connectivity index (χ2n) is 4.21. The number of aliphatic hydroxyl groups is 1. The van der Waals surface area contributed by atoms with Crippen LogP contribution in [0.5, 0.6) is 11.5 Å². The van der Waals surface area contributed by atoms with Crippen molar-refractivity contribution in [2.75, 3.05) is 13.7 Å². The standard InChI is InChI=1S/C12H20N2O3/c1-3-10(8-15)13-14(2)7-9-4-5-11(16)12(17)6-9/h4-6,10,13,15-17H,3,7-8H2,1-2H3/p+1/t10-/m1/s1. The Kier molecular flexibility index (Phi) is 5.21. The Morgan fingerprint density at radius 2 is 2.00 bits per heavy atom. The second-order valence-corrected chi connectivity index (χ2v) is 4.21. The number of rotatable bonds is 6. The van der Waals surface area contributed by atoms with Crippen LogP contribution < -0.4 is 10.4 Å². The van der Waals surface area contributed by atoms with Crippen molar-refractivity contribution in [3.63, 3.8) is 0 Å². The fourth-order valence-corrected chi connectivity index (χ4v) is 1.66. The van der Waals surface area contributed by atoms with E-state index in [1.54, 1.807) is 12.1 Å². The topological polar surface area (TPSA) is 77.2 Å². The monoisotopic (exact) mass is 241 g/mol. The summed E-state index contributed by atoms with van der Waals surface area (Å²) in [5.41, 5.74) is 4.14. The van der Waals surface area contributed by atoms with E-state index >= 15 is 0 Å². The van der Waals surface area contributed by atoms with E-state index in [1.165, 1.54) is 6.07 Å². The molecule has 0 saturated heterocycles. The molecule has 0 aliphatic rings. The average molecular weight is 241 g/mol. The van der Waals surface area contributed by atoms with Gasteiger partial charge in [-0.15, -0.1) is 0 Å². The van der Waals surface area contributed by atoms with Crippen molar-refractivity contribution < 1.29 is 20.3 Å². The Bertz CT molecular complexity index is 354. The number of quaternary nitrogens is 1. The predicted octanol–water partition coefficient (Wildman–Crippen LogP) is -0.612. The van der Waals surface area contributed by atoms with Gasteiger partial charge >= 0.3 is 0 Å². The molecule has 1 rings (SSSR count). The molecular formula is C12H21N2O3+. The van der Waals surface area contributed by atoms with Crippen LogP contribution >= 0.6 is 0 Å². The summed E-state index contributed by atoms with van der Waals surface area (Å²) in [5.74, 6) is -0.217. The van der Waals surface area contributed by atoms with Crippen molar-refractivity contribution in [1.82, 2.24) is 5.43 Å². The molecule has 0 radical (unpaired) electrons. The van der Waals surface area contributed by atoms with Gasteiger partial charge in [-0.3, -0.25) is 5.01 Å². The molecule has 96 valence electrons. The Morgan fingerprint density at radius 3 is 2.53 bits per heavy atom. The third kappa shape index (κ3) is 4.22. The molecule has 1 aromatic carbocycles. The fourth-order valence-electron chi connectivity index (χ4n) is 1.66. The highest BCUT2D eigenvalue weighted by Crippen LogP contribution is 2.24. The van der Waals surface area contributed by atoms with E-state index in [9.17, 15) is 10.2 Å². The lowest BCUT2D eigenvalue weighted by molar-refractivity contribution is -0.942. The first kappa shape index (κ1) is 13.8. The van der Waals surface area contributed by atoms with Gasteiger partial charge in [-0.1, -0.05) is 6.92 Å². The Morgan fingerprint density at radius 1 is 1.29 bits per heavy atom. The largest absolute Gasteiger partial charge is 0.504 e. The molecule has 0 heterocycles. The van der Waals surface area contributed by atoms with E-state index in [1.807, 2.05) is 14.0 Å². The molecule has 0 aliphatic heterocycles. The molecule has 1 unspecified atom stereocenters. The number of aromatic hydroxyl groups is 2. The summed E-state index contributed by atoms with van der Waals surface area (Å²) in [7, 11) is 1.95. The zero-order valence-corrected chi connectivity index (χ0v) is 10.3. The quantitative estimate of drug-likeness (QED) is 0.340. The molecule has 0 spiro atoms. The maximum Gasteiger partial charge on any atom is 0.157 e. The summed E-state index contributed by atoms with van der Waals surface area (Å²) >= 11 is 0. The Labute approximate surface area is 101 Å². The number of aliphatic hydroxyl groups excluding tert-OH is 1. The van der Waals surface area contributed by atoms with E-state index in [2.05, 4.69) is 5.43 Å². The summed E-state index contributed by atoms with van der Waals surface area (Å²) in [5, 5.41) is 28.7.